The fraction of sp³-hybridized carbons (Fsp3) is 0.933. The van der Waals surface area contributed by atoms with Crippen LogP contribution in [-0.4, -0.2) is 24.5 Å². The summed E-state index contributed by atoms with van der Waals surface area (Å²) in [5, 5.41) is 8.69. The van der Waals surface area contributed by atoms with Crippen LogP contribution in [0.5, 0.6) is 0 Å². The second-order valence-corrected chi connectivity index (χ2v) is 5.90. The molecule has 0 saturated heterocycles. The van der Waals surface area contributed by atoms with Crippen molar-refractivity contribution in [2.75, 3.05) is 19.6 Å². The zero-order chi connectivity index (χ0) is 12.5. The first-order chi connectivity index (χ1) is 8.22. The average molecular weight is 236 g/mol. The average Bonchev–Trinajstić information content (AvgIpc) is 2.33. The quantitative estimate of drug-likeness (QED) is 0.671. The molecule has 1 aliphatic carbocycles. The van der Waals surface area contributed by atoms with Crippen molar-refractivity contribution in [3.8, 4) is 6.07 Å². The van der Waals surface area contributed by atoms with E-state index in [-0.39, 0.29) is 0 Å². The Morgan fingerprint density at radius 1 is 1.18 bits per heavy atom. The lowest BCUT2D eigenvalue weighted by Crippen LogP contribution is -2.31. The number of rotatable bonds is 7. The Morgan fingerprint density at radius 2 is 1.88 bits per heavy atom. The highest BCUT2D eigenvalue weighted by molar-refractivity contribution is 4.74. The van der Waals surface area contributed by atoms with Crippen LogP contribution in [0.1, 0.15) is 58.8 Å². The summed E-state index contributed by atoms with van der Waals surface area (Å²) in [6, 6.07) is 2.27. The minimum Gasteiger partial charge on any atom is -0.302 e. The van der Waals surface area contributed by atoms with Gasteiger partial charge >= 0.3 is 0 Å². The van der Waals surface area contributed by atoms with Crippen molar-refractivity contribution in [1.29, 1.82) is 5.26 Å². The van der Waals surface area contributed by atoms with Crippen molar-refractivity contribution < 1.29 is 0 Å². The molecule has 2 heteroatoms. The predicted octanol–water partition coefficient (Wildman–Crippen LogP) is 3.83. The monoisotopic (exact) mass is 236 g/mol. The van der Waals surface area contributed by atoms with Gasteiger partial charge in [0.2, 0.25) is 0 Å². The van der Waals surface area contributed by atoms with E-state index >= 15 is 0 Å². The van der Waals surface area contributed by atoms with E-state index in [1.54, 1.807) is 0 Å². The summed E-state index contributed by atoms with van der Waals surface area (Å²) in [5.74, 6) is 1.67. The summed E-state index contributed by atoms with van der Waals surface area (Å²) in [6.07, 6.45) is 9.22. The summed E-state index contributed by atoms with van der Waals surface area (Å²) < 4.78 is 0. The SMILES string of the molecule is CC(C)CN(CCC#N)CCC1CCCCC1. The van der Waals surface area contributed by atoms with Crippen molar-refractivity contribution >= 4 is 0 Å². The second-order valence-electron chi connectivity index (χ2n) is 5.90. The van der Waals surface area contributed by atoms with Crippen LogP contribution in [0, 0.1) is 23.2 Å². The number of nitriles is 1. The molecular formula is C15H28N2. The predicted molar refractivity (Wildman–Crippen MR) is 72.7 cm³/mol. The fourth-order valence-electron chi connectivity index (χ4n) is 2.86. The molecule has 0 heterocycles. The van der Waals surface area contributed by atoms with Gasteiger partial charge in [0.05, 0.1) is 6.07 Å². The third-order valence-electron chi connectivity index (χ3n) is 3.74. The Balaban J connectivity index is 2.24. The molecule has 1 aliphatic rings. The first-order valence-electron chi connectivity index (χ1n) is 7.31. The molecule has 2 nitrogen and oxygen atoms in total. The van der Waals surface area contributed by atoms with Crippen LogP contribution in [0.3, 0.4) is 0 Å². The molecule has 0 spiro atoms. The maximum Gasteiger partial charge on any atom is 0.0635 e. The molecule has 0 radical (unpaired) electrons. The van der Waals surface area contributed by atoms with Crippen molar-refractivity contribution in [3.63, 3.8) is 0 Å². The Kier molecular flexibility index (Phi) is 7.28. The van der Waals surface area contributed by atoms with E-state index in [9.17, 15) is 0 Å². The van der Waals surface area contributed by atoms with Crippen molar-refractivity contribution in [2.45, 2.75) is 58.8 Å². The van der Waals surface area contributed by atoms with Gasteiger partial charge in [0.15, 0.2) is 0 Å². The van der Waals surface area contributed by atoms with Gasteiger partial charge in [0.1, 0.15) is 0 Å². The van der Waals surface area contributed by atoms with E-state index in [2.05, 4.69) is 24.8 Å². The molecule has 1 saturated carbocycles. The van der Waals surface area contributed by atoms with Crippen LogP contribution in [0.2, 0.25) is 0 Å². The third-order valence-corrected chi connectivity index (χ3v) is 3.74. The lowest BCUT2D eigenvalue weighted by Gasteiger charge is -2.27. The van der Waals surface area contributed by atoms with E-state index in [0.29, 0.717) is 12.3 Å². The normalized spacial score (nSPS) is 17.6. The van der Waals surface area contributed by atoms with Crippen molar-refractivity contribution in [3.05, 3.63) is 0 Å². The lowest BCUT2D eigenvalue weighted by atomic mass is 9.87. The fourth-order valence-corrected chi connectivity index (χ4v) is 2.86. The highest BCUT2D eigenvalue weighted by Crippen LogP contribution is 2.26. The van der Waals surface area contributed by atoms with E-state index < -0.39 is 0 Å². The molecule has 0 aromatic heterocycles. The first-order valence-corrected chi connectivity index (χ1v) is 7.31. The van der Waals surface area contributed by atoms with E-state index in [4.69, 9.17) is 5.26 Å². The Labute approximate surface area is 107 Å². The highest BCUT2D eigenvalue weighted by atomic mass is 15.1. The van der Waals surface area contributed by atoms with Gasteiger partial charge in [0.25, 0.3) is 0 Å². The molecule has 0 N–H and O–H groups in total. The van der Waals surface area contributed by atoms with Crippen LogP contribution in [-0.2, 0) is 0 Å². The zero-order valence-electron chi connectivity index (χ0n) is 11.6. The number of nitrogens with zero attached hydrogens (tertiary/aromatic N) is 2. The minimum atomic E-state index is 0.678. The summed E-state index contributed by atoms with van der Waals surface area (Å²) in [7, 11) is 0. The molecule has 0 aromatic rings. The second kappa shape index (κ2) is 8.53. The van der Waals surface area contributed by atoms with Gasteiger partial charge in [-0.05, 0) is 24.8 Å². The first kappa shape index (κ1) is 14.5. The van der Waals surface area contributed by atoms with E-state index in [1.807, 2.05) is 0 Å². The van der Waals surface area contributed by atoms with Gasteiger partial charge in [-0.2, -0.15) is 5.26 Å². The Bertz CT molecular complexity index is 224. The molecular weight excluding hydrogens is 208 g/mol. The van der Waals surface area contributed by atoms with Crippen LogP contribution in [0.25, 0.3) is 0 Å². The van der Waals surface area contributed by atoms with Gasteiger partial charge in [-0.1, -0.05) is 46.0 Å². The van der Waals surface area contributed by atoms with Gasteiger partial charge in [0, 0.05) is 19.5 Å². The molecule has 0 amide bonds. The summed E-state index contributed by atoms with van der Waals surface area (Å²) >= 11 is 0. The molecule has 1 rings (SSSR count). The van der Waals surface area contributed by atoms with Gasteiger partial charge < -0.3 is 4.90 Å². The highest BCUT2D eigenvalue weighted by Gasteiger charge is 2.15. The summed E-state index contributed by atoms with van der Waals surface area (Å²) in [4.78, 5) is 2.49. The lowest BCUT2D eigenvalue weighted by molar-refractivity contribution is 0.215. The third kappa shape index (κ3) is 6.68. The van der Waals surface area contributed by atoms with Gasteiger partial charge in [-0.3, -0.25) is 0 Å². The molecule has 0 aromatic carbocycles. The molecule has 0 atom stereocenters. The maximum atomic E-state index is 8.69. The van der Waals surface area contributed by atoms with Crippen molar-refractivity contribution in [2.24, 2.45) is 11.8 Å². The van der Waals surface area contributed by atoms with Crippen LogP contribution in [0.15, 0.2) is 0 Å². The van der Waals surface area contributed by atoms with Gasteiger partial charge in [-0.15, -0.1) is 0 Å². The van der Waals surface area contributed by atoms with E-state index in [0.717, 1.165) is 19.0 Å². The number of hydrogen-bond donors (Lipinski definition) is 0. The summed E-state index contributed by atoms with van der Waals surface area (Å²) in [6.45, 7) is 7.83. The topological polar surface area (TPSA) is 27.0 Å². The van der Waals surface area contributed by atoms with Crippen LogP contribution < -0.4 is 0 Å². The largest absolute Gasteiger partial charge is 0.302 e. The van der Waals surface area contributed by atoms with E-state index in [1.165, 1.54) is 45.1 Å². The van der Waals surface area contributed by atoms with Crippen LogP contribution >= 0.6 is 0 Å². The molecule has 0 unspecified atom stereocenters. The molecule has 1 fully saturated rings. The standard InChI is InChI=1S/C15H28N2/c1-14(2)13-17(11-6-10-16)12-9-15-7-4-3-5-8-15/h14-15H,3-9,11-13H2,1-2H3. The van der Waals surface area contributed by atoms with Crippen molar-refractivity contribution in [1.82, 2.24) is 4.90 Å². The molecule has 0 aliphatic heterocycles. The van der Waals surface area contributed by atoms with Gasteiger partial charge in [-0.25, -0.2) is 0 Å². The Morgan fingerprint density at radius 3 is 2.47 bits per heavy atom. The van der Waals surface area contributed by atoms with Crippen LogP contribution in [0.4, 0.5) is 0 Å². The Hall–Kier alpha value is -0.550. The molecule has 0 bridgehead atoms. The zero-order valence-corrected chi connectivity index (χ0v) is 11.6. The maximum absolute atomic E-state index is 8.69. The smallest absolute Gasteiger partial charge is 0.0635 e. The summed E-state index contributed by atoms with van der Waals surface area (Å²) in [5.41, 5.74) is 0. The number of hydrogen-bond acceptors (Lipinski definition) is 2. The molecule has 17 heavy (non-hydrogen) atoms. The molecule has 98 valence electrons. The minimum absolute atomic E-state index is 0.678.